The quantitative estimate of drug-likeness (QED) is 0.477. The number of rotatable bonds is 7. The van der Waals surface area contributed by atoms with Crippen LogP contribution in [0.25, 0.3) is 0 Å². The number of benzene rings is 1. The van der Waals surface area contributed by atoms with Gasteiger partial charge in [0.1, 0.15) is 0 Å². The van der Waals surface area contributed by atoms with E-state index >= 15 is 0 Å². The van der Waals surface area contributed by atoms with Gasteiger partial charge in [0.05, 0.1) is 19.8 Å². The van der Waals surface area contributed by atoms with Gasteiger partial charge in [-0.15, -0.1) is 0 Å². The van der Waals surface area contributed by atoms with Crippen molar-refractivity contribution < 1.29 is 9.53 Å². The average Bonchev–Trinajstić information content (AvgIpc) is 2.79. The smallest absolute Gasteiger partial charge is 0.239 e. The first kappa shape index (κ1) is 21.6. The lowest BCUT2D eigenvalue weighted by molar-refractivity contribution is -0.120. The number of nitrogens with one attached hydrogen (secondary N) is 3. The standard InChI is InChI=1S/C22H35N5O2/c1-23-21(25-17-20(28)24-16-19-8-4-2-5-9-19)26-18-22(10-6-3-7-11-22)27-12-14-29-15-13-27/h2,4-5,8-9H,3,6-7,10-18H2,1H3,(H,24,28)(H2,23,25,26). The lowest BCUT2D eigenvalue weighted by Crippen LogP contribution is -2.60. The average molecular weight is 402 g/mol. The van der Waals surface area contributed by atoms with Crippen LogP contribution in [0.5, 0.6) is 0 Å². The fraction of sp³-hybridized carbons (Fsp3) is 0.636. The van der Waals surface area contributed by atoms with Crippen molar-refractivity contribution in [3.8, 4) is 0 Å². The topological polar surface area (TPSA) is 78.0 Å². The van der Waals surface area contributed by atoms with Crippen LogP contribution in [-0.2, 0) is 16.1 Å². The van der Waals surface area contributed by atoms with Gasteiger partial charge in [0, 0.05) is 38.8 Å². The molecule has 1 aromatic carbocycles. The zero-order valence-corrected chi connectivity index (χ0v) is 17.6. The number of aliphatic imine (C=N–C) groups is 1. The molecule has 1 saturated heterocycles. The molecule has 1 aliphatic heterocycles. The highest BCUT2D eigenvalue weighted by molar-refractivity contribution is 5.86. The van der Waals surface area contributed by atoms with Gasteiger partial charge in [0.15, 0.2) is 5.96 Å². The number of amides is 1. The van der Waals surface area contributed by atoms with Crippen molar-refractivity contribution in [2.45, 2.75) is 44.2 Å². The molecule has 0 spiro atoms. The molecule has 1 amide bonds. The minimum absolute atomic E-state index is 0.0441. The molecule has 160 valence electrons. The minimum atomic E-state index is -0.0441. The van der Waals surface area contributed by atoms with Crippen LogP contribution in [0, 0.1) is 0 Å². The van der Waals surface area contributed by atoms with Gasteiger partial charge >= 0.3 is 0 Å². The zero-order valence-electron chi connectivity index (χ0n) is 17.6. The summed E-state index contributed by atoms with van der Waals surface area (Å²) in [6, 6.07) is 9.92. The molecule has 1 heterocycles. The van der Waals surface area contributed by atoms with E-state index in [-0.39, 0.29) is 18.0 Å². The molecule has 3 N–H and O–H groups in total. The summed E-state index contributed by atoms with van der Waals surface area (Å²) in [5, 5.41) is 9.57. The zero-order chi connectivity index (χ0) is 20.4. The summed E-state index contributed by atoms with van der Waals surface area (Å²) in [5.74, 6) is 0.635. The minimum Gasteiger partial charge on any atom is -0.379 e. The van der Waals surface area contributed by atoms with E-state index in [0.717, 1.165) is 38.4 Å². The van der Waals surface area contributed by atoms with E-state index in [9.17, 15) is 4.79 Å². The highest BCUT2D eigenvalue weighted by Crippen LogP contribution is 2.33. The highest BCUT2D eigenvalue weighted by Gasteiger charge is 2.38. The van der Waals surface area contributed by atoms with Gasteiger partial charge in [0.25, 0.3) is 0 Å². The van der Waals surface area contributed by atoms with E-state index in [4.69, 9.17) is 4.74 Å². The van der Waals surface area contributed by atoms with E-state index in [0.29, 0.717) is 12.5 Å². The van der Waals surface area contributed by atoms with Gasteiger partial charge < -0.3 is 20.7 Å². The van der Waals surface area contributed by atoms with E-state index < -0.39 is 0 Å². The van der Waals surface area contributed by atoms with E-state index in [1.165, 1.54) is 32.1 Å². The van der Waals surface area contributed by atoms with Crippen LogP contribution in [0.4, 0.5) is 0 Å². The van der Waals surface area contributed by atoms with Gasteiger partial charge in [-0.05, 0) is 18.4 Å². The number of hydrogen-bond donors (Lipinski definition) is 3. The summed E-state index contributed by atoms with van der Waals surface area (Å²) >= 11 is 0. The van der Waals surface area contributed by atoms with Crippen LogP contribution in [0.15, 0.2) is 35.3 Å². The Bertz CT molecular complexity index is 652. The molecule has 1 aliphatic carbocycles. The van der Waals surface area contributed by atoms with Crippen molar-refractivity contribution in [3.05, 3.63) is 35.9 Å². The van der Waals surface area contributed by atoms with Crippen molar-refractivity contribution in [1.82, 2.24) is 20.9 Å². The highest BCUT2D eigenvalue weighted by atomic mass is 16.5. The molecule has 0 atom stereocenters. The third kappa shape index (κ3) is 6.44. The maximum absolute atomic E-state index is 12.2. The summed E-state index contributed by atoms with van der Waals surface area (Å²) in [5.41, 5.74) is 1.25. The molecule has 1 aromatic rings. The largest absolute Gasteiger partial charge is 0.379 e. The van der Waals surface area contributed by atoms with Gasteiger partial charge in [-0.25, -0.2) is 0 Å². The van der Waals surface area contributed by atoms with Crippen molar-refractivity contribution in [2.75, 3.05) is 46.4 Å². The van der Waals surface area contributed by atoms with Gasteiger partial charge in [-0.2, -0.15) is 0 Å². The lowest BCUT2D eigenvalue weighted by atomic mass is 9.80. The molecule has 7 heteroatoms. The second-order valence-electron chi connectivity index (χ2n) is 7.93. The first-order chi connectivity index (χ1) is 14.2. The molecule has 2 aliphatic rings. The molecular weight excluding hydrogens is 366 g/mol. The number of ether oxygens (including phenoxy) is 1. The van der Waals surface area contributed by atoms with E-state index in [2.05, 4.69) is 25.8 Å². The van der Waals surface area contributed by atoms with Gasteiger partial charge in [0.2, 0.25) is 5.91 Å². The van der Waals surface area contributed by atoms with Crippen LogP contribution in [0.3, 0.4) is 0 Å². The summed E-state index contributed by atoms with van der Waals surface area (Å²) in [7, 11) is 1.75. The Hall–Kier alpha value is -2.12. The first-order valence-electron chi connectivity index (χ1n) is 10.8. The molecule has 3 rings (SSSR count). The summed E-state index contributed by atoms with van der Waals surface area (Å²) in [4.78, 5) is 19.1. The van der Waals surface area contributed by atoms with Crippen molar-refractivity contribution in [2.24, 2.45) is 4.99 Å². The molecule has 2 fully saturated rings. The summed E-state index contributed by atoms with van der Waals surface area (Å²) in [6.45, 7) is 5.21. The normalized spacial score (nSPS) is 20.1. The molecule has 0 unspecified atom stereocenters. The Morgan fingerprint density at radius 1 is 1.07 bits per heavy atom. The third-order valence-corrected chi connectivity index (χ3v) is 6.02. The SMILES string of the molecule is CN=C(NCC(=O)NCc1ccccc1)NCC1(N2CCOCC2)CCCCC1. The number of guanidine groups is 1. The maximum atomic E-state index is 12.2. The molecule has 0 bridgehead atoms. The van der Waals surface area contributed by atoms with Gasteiger partial charge in [-0.1, -0.05) is 49.6 Å². The fourth-order valence-corrected chi connectivity index (χ4v) is 4.34. The fourth-order valence-electron chi connectivity index (χ4n) is 4.34. The Morgan fingerprint density at radius 2 is 1.79 bits per heavy atom. The molecule has 1 saturated carbocycles. The Kier molecular flexibility index (Phi) is 8.31. The maximum Gasteiger partial charge on any atom is 0.239 e. The summed E-state index contributed by atoms with van der Waals surface area (Å²) < 4.78 is 5.56. The molecule has 0 radical (unpaired) electrons. The van der Waals surface area contributed by atoms with Crippen LogP contribution < -0.4 is 16.0 Å². The first-order valence-corrected chi connectivity index (χ1v) is 10.8. The number of carbonyl (C=O) groups excluding carboxylic acids is 1. The van der Waals surface area contributed by atoms with E-state index in [1.807, 2.05) is 30.3 Å². The molecule has 0 aromatic heterocycles. The summed E-state index contributed by atoms with van der Waals surface area (Å²) in [6.07, 6.45) is 6.27. The van der Waals surface area contributed by atoms with E-state index in [1.54, 1.807) is 7.05 Å². The number of carbonyl (C=O) groups is 1. The Balaban J connectivity index is 1.46. The van der Waals surface area contributed by atoms with Gasteiger partial charge in [-0.3, -0.25) is 14.7 Å². The Morgan fingerprint density at radius 3 is 2.48 bits per heavy atom. The second kappa shape index (κ2) is 11.2. The van der Waals surface area contributed by atoms with Crippen LogP contribution in [-0.4, -0.2) is 68.7 Å². The van der Waals surface area contributed by atoms with Crippen molar-refractivity contribution in [1.29, 1.82) is 0 Å². The van der Waals surface area contributed by atoms with Crippen molar-refractivity contribution >= 4 is 11.9 Å². The molecule has 29 heavy (non-hydrogen) atoms. The van der Waals surface area contributed by atoms with Crippen molar-refractivity contribution in [3.63, 3.8) is 0 Å². The monoisotopic (exact) mass is 401 g/mol. The second-order valence-corrected chi connectivity index (χ2v) is 7.93. The number of hydrogen-bond acceptors (Lipinski definition) is 4. The van der Waals surface area contributed by atoms with Crippen LogP contribution >= 0.6 is 0 Å². The number of nitrogens with zero attached hydrogens (tertiary/aromatic N) is 2. The third-order valence-electron chi connectivity index (χ3n) is 6.02. The predicted molar refractivity (Wildman–Crippen MR) is 116 cm³/mol. The molecular formula is C22H35N5O2. The molecule has 7 nitrogen and oxygen atoms in total. The Labute approximate surface area is 174 Å². The predicted octanol–water partition coefficient (Wildman–Crippen LogP) is 1.50. The lowest BCUT2D eigenvalue weighted by Gasteiger charge is -2.48. The number of morpholine rings is 1. The van der Waals surface area contributed by atoms with Crippen LogP contribution in [0.2, 0.25) is 0 Å². The van der Waals surface area contributed by atoms with Crippen LogP contribution in [0.1, 0.15) is 37.7 Å².